The van der Waals surface area contributed by atoms with Gasteiger partial charge in [-0.3, -0.25) is 0 Å². The molecular formula is C11H15N3OS. The van der Waals surface area contributed by atoms with Crippen molar-refractivity contribution in [3.63, 3.8) is 0 Å². The average molecular weight is 237 g/mol. The zero-order valence-corrected chi connectivity index (χ0v) is 10.2. The Morgan fingerprint density at radius 3 is 3.00 bits per heavy atom. The van der Waals surface area contributed by atoms with Crippen molar-refractivity contribution < 1.29 is 5.11 Å². The second kappa shape index (κ2) is 4.84. The van der Waals surface area contributed by atoms with Gasteiger partial charge >= 0.3 is 0 Å². The molecule has 16 heavy (non-hydrogen) atoms. The van der Waals surface area contributed by atoms with Crippen molar-refractivity contribution in [1.29, 1.82) is 0 Å². The summed E-state index contributed by atoms with van der Waals surface area (Å²) < 4.78 is 1.85. The van der Waals surface area contributed by atoms with E-state index in [1.54, 1.807) is 18.0 Å². The standard InChI is InChI=1S/C11H15N3OS/c1-8(2)9-7-10-11(16-6-5-15)12-3-4-14(10)13-9/h3-4,7-8,15H,5-6H2,1-2H3. The van der Waals surface area contributed by atoms with Gasteiger partial charge in [0.15, 0.2) is 0 Å². The highest BCUT2D eigenvalue weighted by Gasteiger charge is 2.09. The van der Waals surface area contributed by atoms with Crippen LogP contribution in [0.5, 0.6) is 0 Å². The van der Waals surface area contributed by atoms with Crippen molar-refractivity contribution in [2.24, 2.45) is 0 Å². The number of hydrogen-bond donors (Lipinski definition) is 1. The SMILES string of the molecule is CC(C)c1cc2c(SCCO)nccn2n1. The lowest BCUT2D eigenvalue weighted by Crippen LogP contribution is -1.93. The number of aliphatic hydroxyl groups excluding tert-OH is 1. The topological polar surface area (TPSA) is 50.4 Å². The van der Waals surface area contributed by atoms with Gasteiger partial charge in [-0.2, -0.15) is 5.10 Å². The van der Waals surface area contributed by atoms with Crippen molar-refractivity contribution in [2.75, 3.05) is 12.4 Å². The lowest BCUT2D eigenvalue weighted by Gasteiger charge is -1.99. The predicted molar refractivity (Wildman–Crippen MR) is 64.9 cm³/mol. The first-order chi connectivity index (χ1) is 7.72. The van der Waals surface area contributed by atoms with E-state index >= 15 is 0 Å². The van der Waals surface area contributed by atoms with Gasteiger partial charge in [0.05, 0.1) is 17.8 Å². The Hall–Kier alpha value is -1.07. The number of rotatable bonds is 4. The van der Waals surface area contributed by atoms with E-state index in [1.807, 2.05) is 10.7 Å². The summed E-state index contributed by atoms with van der Waals surface area (Å²) in [6.07, 6.45) is 3.59. The number of thioether (sulfide) groups is 1. The van der Waals surface area contributed by atoms with Crippen LogP contribution in [-0.2, 0) is 0 Å². The molecule has 0 aliphatic heterocycles. The lowest BCUT2D eigenvalue weighted by molar-refractivity contribution is 0.322. The van der Waals surface area contributed by atoms with Crippen LogP contribution in [0.15, 0.2) is 23.5 Å². The maximum Gasteiger partial charge on any atom is 0.122 e. The molecule has 2 aromatic rings. The molecule has 2 rings (SSSR count). The summed E-state index contributed by atoms with van der Waals surface area (Å²) >= 11 is 1.55. The highest BCUT2D eigenvalue weighted by atomic mass is 32.2. The summed E-state index contributed by atoms with van der Waals surface area (Å²) in [5, 5.41) is 14.2. The maximum atomic E-state index is 8.82. The summed E-state index contributed by atoms with van der Waals surface area (Å²) in [6.45, 7) is 4.41. The molecule has 0 spiro atoms. The Labute approximate surface area is 98.7 Å². The van der Waals surface area contributed by atoms with Crippen LogP contribution in [0.2, 0.25) is 0 Å². The minimum absolute atomic E-state index is 0.165. The molecule has 0 saturated heterocycles. The summed E-state index contributed by atoms with van der Waals surface area (Å²) in [4.78, 5) is 4.31. The van der Waals surface area contributed by atoms with Crippen molar-refractivity contribution in [1.82, 2.24) is 14.6 Å². The fraction of sp³-hybridized carbons (Fsp3) is 0.455. The molecule has 4 nitrogen and oxygen atoms in total. The van der Waals surface area contributed by atoms with Gasteiger partial charge in [-0.05, 0) is 12.0 Å². The normalized spacial score (nSPS) is 11.5. The van der Waals surface area contributed by atoms with Crippen LogP contribution >= 0.6 is 11.8 Å². The zero-order valence-electron chi connectivity index (χ0n) is 9.42. The summed E-state index contributed by atoms with van der Waals surface area (Å²) in [7, 11) is 0. The van der Waals surface area contributed by atoms with Gasteiger partial charge in [0.2, 0.25) is 0 Å². The van der Waals surface area contributed by atoms with Gasteiger partial charge in [-0.1, -0.05) is 13.8 Å². The molecule has 5 heteroatoms. The monoisotopic (exact) mass is 237 g/mol. The fourth-order valence-corrected chi connectivity index (χ4v) is 2.17. The number of hydrogen-bond acceptors (Lipinski definition) is 4. The van der Waals surface area contributed by atoms with Crippen molar-refractivity contribution >= 4 is 17.3 Å². The maximum absolute atomic E-state index is 8.82. The third-order valence-corrected chi connectivity index (χ3v) is 3.27. The van der Waals surface area contributed by atoms with E-state index in [4.69, 9.17) is 5.11 Å². The highest BCUT2D eigenvalue weighted by Crippen LogP contribution is 2.23. The Kier molecular flexibility index (Phi) is 3.46. The summed E-state index contributed by atoms with van der Waals surface area (Å²) in [6, 6.07) is 2.07. The van der Waals surface area contributed by atoms with Crippen molar-refractivity contribution in [3.05, 3.63) is 24.2 Å². The molecular weight excluding hydrogens is 222 g/mol. The Morgan fingerprint density at radius 1 is 1.50 bits per heavy atom. The van der Waals surface area contributed by atoms with E-state index in [2.05, 4.69) is 30.0 Å². The molecule has 0 unspecified atom stereocenters. The fourth-order valence-electron chi connectivity index (χ4n) is 1.45. The Balaban J connectivity index is 2.41. The first-order valence-electron chi connectivity index (χ1n) is 5.30. The van der Waals surface area contributed by atoms with Gasteiger partial charge in [-0.15, -0.1) is 11.8 Å². The van der Waals surface area contributed by atoms with Gasteiger partial charge in [0, 0.05) is 18.1 Å². The second-order valence-electron chi connectivity index (χ2n) is 3.86. The molecule has 0 aliphatic carbocycles. The molecule has 0 aliphatic rings. The molecule has 1 N–H and O–H groups in total. The first kappa shape index (κ1) is 11.4. The summed E-state index contributed by atoms with van der Waals surface area (Å²) in [5.74, 6) is 1.07. The first-order valence-corrected chi connectivity index (χ1v) is 6.29. The Morgan fingerprint density at radius 2 is 2.31 bits per heavy atom. The van der Waals surface area contributed by atoms with Crippen LogP contribution in [0.25, 0.3) is 5.52 Å². The van der Waals surface area contributed by atoms with Crippen LogP contribution in [0.1, 0.15) is 25.5 Å². The molecule has 2 aromatic heterocycles. The van der Waals surface area contributed by atoms with Gasteiger partial charge in [0.1, 0.15) is 5.03 Å². The summed E-state index contributed by atoms with van der Waals surface area (Å²) in [5.41, 5.74) is 2.09. The van der Waals surface area contributed by atoms with Gasteiger partial charge in [-0.25, -0.2) is 9.50 Å². The lowest BCUT2D eigenvalue weighted by atomic mass is 10.1. The number of fused-ring (bicyclic) bond motifs is 1. The van der Waals surface area contributed by atoms with E-state index < -0.39 is 0 Å². The molecule has 0 fully saturated rings. The van der Waals surface area contributed by atoms with Gasteiger partial charge < -0.3 is 5.11 Å². The van der Waals surface area contributed by atoms with Crippen molar-refractivity contribution in [2.45, 2.75) is 24.8 Å². The Bertz CT molecular complexity index is 481. The van der Waals surface area contributed by atoms with E-state index in [1.165, 1.54) is 0 Å². The molecule has 0 saturated carbocycles. The number of aliphatic hydroxyl groups is 1. The van der Waals surface area contributed by atoms with Crippen LogP contribution in [0.3, 0.4) is 0 Å². The van der Waals surface area contributed by atoms with Crippen molar-refractivity contribution in [3.8, 4) is 0 Å². The molecule has 0 radical (unpaired) electrons. The number of nitrogens with zero attached hydrogens (tertiary/aromatic N) is 3. The minimum Gasteiger partial charge on any atom is -0.396 e. The van der Waals surface area contributed by atoms with Gasteiger partial charge in [0.25, 0.3) is 0 Å². The third-order valence-electron chi connectivity index (χ3n) is 2.30. The molecule has 0 aromatic carbocycles. The van der Waals surface area contributed by atoms with Crippen LogP contribution in [-0.4, -0.2) is 32.1 Å². The largest absolute Gasteiger partial charge is 0.396 e. The highest BCUT2D eigenvalue weighted by molar-refractivity contribution is 7.99. The molecule has 2 heterocycles. The van der Waals surface area contributed by atoms with E-state index in [0.29, 0.717) is 11.7 Å². The van der Waals surface area contributed by atoms with E-state index in [-0.39, 0.29) is 6.61 Å². The average Bonchev–Trinajstić information content (AvgIpc) is 2.70. The molecule has 86 valence electrons. The zero-order chi connectivity index (χ0) is 11.5. The second-order valence-corrected chi connectivity index (χ2v) is 4.94. The number of aromatic nitrogens is 3. The van der Waals surface area contributed by atoms with Crippen LogP contribution < -0.4 is 0 Å². The van der Waals surface area contributed by atoms with E-state index in [9.17, 15) is 0 Å². The van der Waals surface area contributed by atoms with Crippen LogP contribution in [0.4, 0.5) is 0 Å². The molecule has 0 bridgehead atoms. The smallest absolute Gasteiger partial charge is 0.122 e. The minimum atomic E-state index is 0.165. The van der Waals surface area contributed by atoms with E-state index in [0.717, 1.165) is 16.2 Å². The third kappa shape index (κ3) is 2.20. The molecule has 0 amide bonds. The quantitative estimate of drug-likeness (QED) is 0.826. The van der Waals surface area contributed by atoms with Crippen LogP contribution in [0, 0.1) is 0 Å². The predicted octanol–water partition coefficient (Wildman–Crippen LogP) is 1.94. The molecule has 0 atom stereocenters.